The number of nitrogens with zero attached hydrogens (tertiary/aromatic N) is 2. The lowest BCUT2D eigenvalue weighted by Gasteiger charge is -2.37. The maximum Gasteiger partial charge on any atom is 0.269 e. The van der Waals surface area contributed by atoms with Gasteiger partial charge in [0.05, 0.1) is 10.5 Å². The summed E-state index contributed by atoms with van der Waals surface area (Å²) in [5.41, 5.74) is -0.591. The SMILES string of the molecule is CC(C)(O)CN(C(=O)c1ccc([N+](=O)[O-])cc1)C1CCCCC1. The summed E-state index contributed by atoms with van der Waals surface area (Å²) in [5.74, 6) is -0.172. The highest BCUT2D eigenvalue weighted by atomic mass is 16.6. The van der Waals surface area contributed by atoms with Crippen LogP contribution in [0.3, 0.4) is 0 Å². The van der Waals surface area contributed by atoms with Gasteiger partial charge in [-0.2, -0.15) is 0 Å². The van der Waals surface area contributed by atoms with Gasteiger partial charge in [-0.3, -0.25) is 14.9 Å². The molecular formula is C17H24N2O4. The Morgan fingerprint density at radius 3 is 2.30 bits per heavy atom. The minimum absolute atomic E-state index is 0.0340. The standard InChI is InChI=1S/C17H24N2O4/c1-17(2,21)12-18(14-6-4-3-5-7-14)16(20)13-8-10-15(11-9-13)19(22)23/h8-11,14,21H,3-7,12H2,1-2H3. The van der Waals surface area contributed by atoms with Crippen molar-refractivity contribution in [3.63, 3.8) is 0 Å². The molecule has 0 atom stereocenters. The van der Waals surface area contributed by atoms with Gasteiger partial charge in [-0.15, -0.1) is 0 Å². The zero-order chi connectivity index (χ0) is 17.0. The predicted octanol–water partition coefficient (Wildman–Crippen LogP) is 3.14. The average molecular weight is 320 g/mol. The summed E-state index contributed by atoms with van der Waals surface area (Å²) in [7, 11) is 0. The van der Waals surface area contributed by atoms with Crippen LogP contribution in [0.25, 0.3) is 0 Å². The van der Waals surface area contributed by atoms with Gasteiger partial charge in [-0.1, -0.05) is 19.3 Å². The number of aliphatic hydroxyl groups is 1. The summed E-state index contributed by atoms with van der Waals surface area (Å²) < 4.78 is 0. The number of hydrogen-bond acceptors (Lipinski definition) is 4. The normalized spacial score (nSPS) is 16.1. The molecule has 0 aliphatic heterocycles. The molecule has 1 aromatic carbocycles. The van der Waals surface area contributed by atoms with Gasteiger partial charge in [0.15, 0.2) is 0 Å². The maximum atomic E-state index is 12.8. The monoisotopic (exact) mass is 320 g/mol. The molecule has 23 heavy (non-hydrogen) atoms. The van der Waals surface area contributed by atoms with Crippen LogP contribution in [-0.4, -0.2) is 39.0 Å². The largest absolute Gasteiger partial charge is 0.389 e. The van der Waals surface area contributed by atoms with Gasteiger partial charge in [0.2, 0.25) is 0 Å². The molecule has 1 saturated carbocycles. The van der Waals surface area contributed by atoms with E-state index < -0.39 is 10.5 Å². The predicted molar refractivity (Wildman–Crippen MR) is 87.3 cm³/mol. The van der Waals surface area contributed by atoms with Gasteiger partial charge in [0.25, 0.3) is 11.6 Å². The highest BCUT2D eigenvalue weighted by molar-refractivity contribution is 5.94. The fraction of sp³-hybridized carbons (Fsp3) is 0.588. The fourth-order valence-electron chi connectivity index (χ4n) is 3.07. The zero-order valence-electron chi connectivity index (χ0n) is 13.7. The van der Waals surface area contributed by atoms with Crippen LogP contribution in [0.1, 0.15) is 56.3 Å². The van der Waals surface area contributed by atoms with Gasteiger partial charge in [0, 0.05) is 30.3 Å². The molecule has 0 bridgehead atoms. The third-order valence-electron chi connectivity index (χ3n) is 4.16. The number of hydrogen-bond donors (Lipinski definition) is 1. The molecule has 0 aromatic heterocycles. The first kappa shape index (κ1) is 17.4. The van der Waals surface area contributed by atoms with Gasteiger partial charge in [-0.05, 0) is 38.8 Å². The van der Waals surface area contributed by atoms with Gasteiger partial charge < -0.3 is 10.0 Å². The van der Waals surface area contributed by atoms with E-state index in [1.54, 1.807) is 18.7 Å². The molecule has 6 nitrogen and oxygen atoms in total. The summed E-state index contributed by atoms with van der Waals surface area (Å²) in [5, 5.41) is 20.9. The number of carbonyl (C=O) groups is 1. The first-order valence-electron chi connectivity index (χ1n) is 8.06. The number of nitro groups is 1. The van der Waals surface area contributed by atoms with E-state index in [9.17, 15) is 20.0 Å². The van der Waals surface area contributed by atoms with E-state index in [-0.39, 0.29) is 24.2 Å². The number of rotatable bonds is 5. The molecular weight excluding hydrogens is 296 g/mol. The van der Waals surface area contributed by atoms with E-state index in [1.807, 2.05) is 0 Å². The average Bonchev–Trinajstić information content (AvgIpc) is 2.52. The molecule has 1 amide bonds. The Balaban J connectivity index is 2.22. The van der Waals surface area contributed by atoms with Crippen LogP contribution >= 0.6 is 0 Å². The van der Waals surface area contributed by atoms with E-state index in [2.05, 4.69) is 0 Å². The van der Waals surface area contributed by atoms with Crippen molar-refractivity contribution in [3.8, 4) is 0 Å². The maximum absolute atomic E-state index is 12.8. The molecule has 1 fully saturated rings. The van der Waals surface area contributed by atoms with Crippen molar-refractivity contribution >= 4 is 11.6 Å². The van der Waals surface area contributed by atoms with Gasteiger partial charge in [0.1, 0.15) is 0 Å². The molecule has 0 spiro atoms. The smallest absolute Gasteiger partial charge is 0.269 e. The first-order valence-corrected chi connectivity index (χ1v) is 8.06. The Bertz CT molecular complexity index is 557. The number of benzene rings is 1. The van der Waals surface area contributed by atoms with Crippen LogP contribution in [0.5, 0.6) is 0 Å². The number of non-ortho nitro benzene ring substituents is 1. The molecule has 0 unspecified atom stereocenters. The number of nitro benzene ring substituents is 1. The molecule has 0 radical (unpaired) electrons. The van der Waals surface area contributed by atoms with E-state index in [1.165, 1.54) is 30.7 Å². The van der Waals surface area contributed by atoms with Crippen LogP contribution in [0.2, 0.25) is 0 Å². The molecule has 2 rings (SSSR count). The molecule has 0 saturated heterocycles. The Hall–Kier alpha value is -1.95. The van der Waals surface area contributed by atoms with Crippen LogP contribution in [0.15, 0.2) is 24.3 Å². The number of amides is 1. The molecule has 1 aliphatic rings. The lowest BCUT2D eigenvalue weighted by molar-refractivity contribution is -0.384. The third kappa shape index (κ3) is 4.76. The van der Waals surface area contributed by atoms with E-state index in [0.29, 0.717) is 5.56 Å². The minimum atomic E-state index is -0.978. The molecule has 6 heteroatoms. The van der Waals surface area contributed by atoms with E-state index in [4.69, 9.17) is 0 Å². The summed E-state index contributed by atoms with van der Waals surface area (Å²) in [6.45, 7) is 3.63. The van der Waals surface area contributed by atoms with E-state index >= 15 is 0 Å². The third-order valence-corrected chi connectivity index (χ3v) is 4.16. The summed E-state index contributed by atoms with van der Waals surface area (Å²) >= 11 is 0. The second-order valence-electron chi connectivity index (χ2n) is 6.84. The van der Waals surface area contributed by atoms with E-state index in [0.717, 1.165) is 25.7 Å². The van der Waals surface area contributed by atoms with Gasteiger partial charge in [-0.25, -0.2) is 0 Å². The molecule has 126 valence electrons. The summed E-state index contributed by atoms with van der Waals surface area (Å²) in [4.78, 5) is 24.8. The van der Waals surface area contributed by atoms with Crippen molar-refractivity contribution in [2.45, 2.75) is 57.6 Å². The Morgan fingerprint density at radius 1 is 1.26 bits per heavy atom. The Labute approximate surface area is 136 Å². The lowest BCUT2D eigenvalue weighted by atomic mass is 9.92. The molecule has 1 aromatic rings. The van der Waals surface area contributed by atoms with Crippen molar-refractivity contribution < 1.29 is 14.8 Å². The van der Waals surface area contributed by atoms with Crippen molar-refractivity contribution in [3.05, 3.63) is 39.9 Å². The quantitative estimate of drug-likeness (QED) is 0.667. The van der Waals surface area contributed by atoms with Crippen molar-refractivity contribution in [1.82, 2.24) is 4.90 Å². The molecule has 1 N–H and O–H groups in total. The second kappa shape index (κ2) is 7.08. The topological polar surface area (TPSA) is 83.7 Å². The van der Waals surface area contributed by atoms with Crippen LogP contribution < -0.4 is 0 Å². The number of carbonyl (C=O) groups excluding carboxylic acids is 1. The second-order valence-corrected chi connectivity index (χ2v) is 6.84. The molecule has 0 heterocycles. The van der Waals surface area contributed by atoms with Crippen LogP contribution in [0.4, 0.5) is 5.69 Å². The summed E-state index contributed by atoms with van der Waals surface area (Å²) in [6.07, 6.45) is 5.23. The Kier molecular flexibility index (Phi) is 5.36. The van der Waals surface area contributed by atoms with Crippen molar-refractivity contribution in [2.24, 2.45) is 0 Å². The first-order chi connectivity index (χ1) is 10.8. The Morgan fingerprint density at radius 2 is 1.83 bits per heavy atom. The highest BCUT2D eigenvalue weighted by Crippen LogP contribution is 2.26. The van der Waals surface area contributed by atoms with Gasteiger partial charge >= 0.3 is 0 Å². The van der Waals surface area contributed by atoms with Crippen molar-refractivity contribution in [1.29, 1.82) is 0 Å². The van der Waals surface area contributed by atoms with Crippen molar-refractivity contribution in [2.75, 3.05) is 6.54 Å². The fourth-order valence-corrected chi connectivity index (χ4v) is 3.07. The van der Waals surface area contributed by atoms with Crippen LogP contribution in [-0.2, 0) is 0 Å². The zero-order valence-corrected chi connectivity index (χ0v) is 13.7. The highest BCUT2D eigenvalue weighted by Gasteiger charge is 2.30. The minimum Gasteiger partial charge on any atom is -0.389 e. The lowest BCUT2D eigenvalue weighted by Crippen LogP contribution is -2.48. The molecule has 1 aliphatic carbocycles. The van der Waals surface area contributed by atoms with Crippen LogP contribution in [0, 0.1) is 10.1 Å². The summed E-state index contributed by atoms with van der Waals surface area (Å²) in [6, 6.07) is 5.78.